The third-order valence-electron chi connectivity index (χ3n) is 4.79. The summed E-state index contributed by atoms with van der Waals surface area (Å²) in [6, 6.07) is 16.4. The molecule has 0 fully saturated rings. The Morgan fingerprint density at radius 2 is 1.94 bits per heavy atom. The molecule has 2 aromatic heterocycles. The molecule has 9 heteroatoms. The van der Waals surface area contributed by atoms with Crippen molar-refractivity contribution in [1.29, 1.82) is 0 Å². The molecule has 4 aromatic rings. The third kappa shape index (κ3) is 4.44. The number of hydrogen-bond donors (Lipinski definition) is 1. The first-order chi connectivity index (χ1) is 14.9. The number of nitrogens with zero attached hydrogens (tertiary/aromatic N) is 4. The lowest BCUT2D eigenvalue weighted by Crippen LogP contribution is -2.32. The van der Waals surface area contributed by atoms with Crippen LogP contribution in [0.1, 0.15) is 11.4 Å². The minimum absolute atomic E-state index is 0.196. The van der Waals surface area contributed by atoms with Crippen molar-refractivity contribution in [3.63, 3.8) is 0 Å². The van der Waals surface area contributed by atoms with E-state index in [0.29, 0.717) is 28.7 Å². The van der Waals surface area contributed by atoms with Crippen LogP contribution in [0.3, 0.4) is 0 Å². The van der Waals surface area contributed by atoms with Crippen molar-refractivity contribution in [2.75, 3.05) is 7.11 Å². The molecule has 31 heavy (non-hydrogen) atoms. The first kappa shape index (κ1) is 20.6. The number of nitrogens with one attached hydrogen (secondary N) is 1. The van der Waals surface area contributed by atoms with E-state index in [1.54, 1.807) is 32.2 Å². The van der Waals surface area contributed by atoms with Crippen molar-refractivity contribution in [3.8, 4) is 17.0 Å². The molecule has 0 saturated heterocycles. The highest BCUT2D eigenvalue weighted by Gasteiger charge is 2.15. The van der Waals surface area contributed by atoms with Gasteiger partial charge in [0.25, 0.3) is 0 Å². The van der Waals surface area contributed by atoms with Crippen LogP contribution in [-0.4, -0.2) is 32.2 Å². The Labute approximate surface area is 183 Å². The molecular formula is C22H20ClN5O3. The van der Waals surface area contributed by atoms with Gasteiger partial charge in [-0.3, -0.25) is 4.79 Å². The van der Waals surface area contributed by atoms with Crippen molar-refractivity contribution in [3.05, 3.63) is 81.5 Å². The maximum absolute atomic E-state index is 12.7. The molecule has 158 valence electrons. The quantitative estimate of drug-likeness (QED) is 0.501. The van der Waals surface area contributed by atoms with Gasteiger partial charge < -0.3 is 10.1 Å². The predicted octanol–water partition coefficient (Wildman–Crippen LogP) is 2.84. The van der Waals surface area contributed by atoms with Crippen molar-refractivity contribution in [2.45, 2.75) is 20.0 Å². The van der Waals surface area contributed by atoms with Crippen LogP contribution in [0, 0.1) is 6.92 Å². The number of rotatable bonds is 6. The van der Waals surface area contributed by atoms with Gasteiger partial charge in [-0.15, -0.1) is 5.10 Å². The van der Waals surface area contributed by atoms with E-state index in [1.165, 1.54) is 4.40 Å². The summed E-state index contributed by atoms with van der Waals surface area (Å²) in [5.41, 5.74) is 2.42. The lowest BCUT2D eigenvalue weighted by molar-refractivity contribution is -0.122. The SMILES string of the molecule is COc1ccc(-c2cc3nn(CC(=O)NCc4cccc(Cl)c4)c(=O)n3c(C)n2)cc1. The van der Waals surface area contributed by atoms with Crippen molar-refractivity contribution in [2.24, 2.45) is 0 Å². The van der Waals surface area contributed by atoms with Crippen LogP contribution in [0.25, 0.3) is 16.9 Å². The summed E-state index contributed by atoms with van der Waals surface area (Å²) < 4.78 is 7.70. The lowest BCUT2D eigenvalue weighted by atomic mass is 10.1. The van der Waals surface area contributed by atoms with Gasteiger partial charge in [-0.05, 0) is 48.9 Å². The maximum Gasteiger partial charge on any atom is 0.352 e. The summed E-state index contributed by atoms with van der Waals surface area (Å²) in [4.78, 5) is 29.6. The van der Waals surface area contributed by atoms with Crippen LogP contribution >= 0.6 is 11.6 Å². The fraction of sp³-hybridized carbons (Fsp3) is 0.182. The second-order valence-corrected chi connectivity index (χ2v) is 7.39. The van der Waals surface area contributed by atoms with E-state index in [0.717, 1.165) is 21.6 Å². The zero-order valence-electron chi connectivity index (χ0n) is 17.0. The van der Waals surface area contributed by atoms with Gasteiger partial charge in [0.05, 0.1) is 12.8 Å². The molecule has 0 bridgehead atoms. The van der Waals surface area contributed by atoms with Gasteiger partial charge in [-0.1, -0.05) is 23.7 Å². The predicted molar refractivity (Wildman–Crippen MR) is 117 cm³/mol. The fourth-order valence-electron chi connectivity index (χ4n) is 3.25. The first-order valence-electron chi connectivity index (χ1n) is 9.57. The molecule has 4 rings (SSSR count). The van der Waals surface area contributed by atoms with Gasteiger partial charge in [0.15, 0.2) is 5.65 Å². The Balaban J connectivity index is 1.56. The molecule has 0 spiro atoms. The van der Waals surface area contributed by atoms with Crippen molar-refractivity contribution in [1.82, 2.24) is 24.5 Å². The molecule has 0 radical (unpaired) electrons. The van der Waals surface area contributed by atoms with E-state index in [1.807, 2.05) is 36.4 Å². The molecule has 0 aliphatic carbocycles. The molecule has 0 atom stereocenters. The monoisotopic (exact) mass is 437 g/mol. The Morgan fingerprint density at radius 1 is 1.16 bits per heavy atom. The number of amides is 1. The van der Waals surface area contributed by atoms with Crippen molar-refractivity contribution >= 4 is 23.2 Å². The topological polar surface area (TPSA) is 90.5 Å². The molecule has 0 aliphatic heterocycles. The number of carbonyl (C=O) groups is 1. The highest BCUT2D eigenvalue weighted by molar-refractivity contribution is 6.30. The molecule has 0 aliphatic rings. The zero-order valence-corrected chi connectivity index (χ0v) is 17.8. The lowest BCUT2D eigenvalue weighted by Gasteiger charge is -2.05. The van der Waals surface area contributed by atoms with Gasteiger partial charge in [0, 0.05) is 23.2 Å². The van der Waals surface area contributed by atoms with E-state index in [2.05, 4.69) is 15.4 Å². The van der Waals surface area contributed by atoms with Gasteiger partial charge in [-0.2, -0.15) is 0 Å². The van der Waals surface area contributed by atoms with Crippen LogP contribution in [0.4, 0.5) is 0 Å². The van der Waals surface area contributed by atoms with Crippen LogP contribution in [0.15, 0.2) is 59.4 Å². The summed E-state index contributed by atoms with van der Waals surface area (Å²) in [6.45, 7) is 1.84. The van der Waals surface area contributed by atoms with Crippen LogP contribution in [0.2, 0.25) is 5.02 Å². The first-order valence-corrected chi connectivity index (χ1v) is 9.95. The summed E-state index contributed by atoms with van der Waals surface area (Å²) in [7, 11) is 1.60. The second kappa shape index (κ2) is 8.61. The summed E-state index contributed by atoms with van der Waals surface area (Å²) in [5, 5.41) is 7.69. The normalized spacial score (nSPS) is 10.9. The minimum atomic E-state index is -0.417. The van der Waals surface area contributed by atoms with E-state index in [9.17, 15) is 9.59 Å². The van der Waals surface area contributed by atoms with E-state index < -0.39 is 5.69 Å². The number of carbonyl (C=O) groups excluding carboxylic acids is 1. The average Bonchev–Trinajstić information content (AvgIpc) is 3.08. The number of ether oxygens (including phenoxy) is 1. The summed E-state index contributed by atoms with van der Waals surface area (Å²) in [5.74, 6) is 0.899. The number of methoxy groups -OCH3 is 1. The van der Waals surface area contributed by atoms with E-state index in [4.69, 9.17) is 16.3 Å². The van der Waals surface area contributed by atoms with Gasteiger partial charge >= 0.3 is 5.69 Å². The highest BCUT2D eigenvalue weighted by atomic mass is 35.5. The van der Waals surface area contributed by atoms with Crippen LogP contribution in [0.5, 0.6) is 5.75 Å². The Kier molecular flexibility index (Phi) is 5.73. The largest absolute Gasteiger partial charge is 0.497 e. The number of fused-ring (bicyclic) bond motifs is 1. The molecule has 8 nitrogen and oxygen atoms in total. The molecule has 1 amide bonds. The fourth-order valence-corrected chi connectivity index (χ4v) is 3.47. The average molecular weight is 438 g/mol. The number of aromatic nitrogens is 4. The number of hydrogen-bond acceptors (Lipinski definition) is 5. The maximum atomic E-state index is 12.7. The molecule has 1 N–H and O–H groups in total. The van der Waals surface area contributed by atoms with Gasteiger partial charge in [-0.25, -0.2) is 18.9 Å². The Morgan fingerprint density at radius 3 is 2.65 bits per heavy atom. The van der Waals surface area contributed by atoms with Gasteiger partial charge in [0.2, 0.25) is 5.91 Å². The van der Waals surface area contributed by atoms with Crippen LogP contribution < -0.4 is 15.7 Å². The molecular weight excluding hydrogens is 418 g/mol. The van der Waals surface area contributed by atoms with Crippen LogP contribution in [-0.2, 0) is 17.9 Å². The zero-order chi connectivity index (χ0) is 22.0. The second-order valence-electron chi connectivity index (χ2n) is 6.96. The van der Waals surface area contributed by atoms with Crippen molar-refractivity contribution < 1.29 is 9.53 Å². The smallest absolute Gasteiger partial charge is 0.352 e. The molecule has 0 saturated carbocycles. The summed E-state index contributed by atoms with van der Waals surface area (Å²) in [6.07, 6.45) is 0. The molecule has 2 heterocycles. The standard InChI is InChI=1S/C22H20ClN5O3/c1-14-25-19(16-6-8-18(31-2)9-7-16)11-20-26-27(22(30)28(14)20)13-21(29)24-12-15-4-3-5-17(23)10-15/h3-11H,12-13H2,1-2H3,(H,24,29). The third-order valence-corrected chi connectivity index (χ3v) is 5.03. The molecule has 0 unspecified atom stereocenters. The number of halogens is 1. The Hall–Kier alpha value is -3.65. The highest BCUT2D eigenvalue weighted by Crippen LogP contribution is 2.21. The number of benzene rings is 2. The molecule has 2 aromatic carbocycles. The Bertz CT molecular complexity index is 1310. The van der Waals surface area contributed by atoms with E-state index in [-0.39, 0.29) is 12.5 Å². The summed E-state index contributed by atoms with van der Waals surface area (Å²) >= 11 is 5.96. The van der Waals surface area contributed by atoms with Gasteiger partial charge in [0.1, 0.15) is 18.1 Å². The number of aryl methyl sites for hydroxylation is 1. The minimum Gasteiger partial charge on any atom is -0.497 e. The van der Waals surface area contributed by atoms with E-state index >= 15 is 0 Å².